The predicted octanol–water partition coefficient (Wildman–Crippen LogP) is 2.23. The van der Waals surface area contributed by atoms with Gasteiger partial charge in [0.05, 0.1) is 16.8 Å². The summed E-state index contributed by atoms with van der Waals surface area (Å²) in [5.74, 6) is 0.970. The number of anilines is 1. The quantitative estimate of drug-likeness (QED) is 0.644. The lowest BCUT2D eigenvalue weighted by molar-refractivity contribution is 0.316. The van der Waals surface area contributed by atoms with E-state index in [1.807, 2.05) is 0 Å². The highest BCUT2D eigenvalue weighted by Crippen LogP contribution is 2.30. The minimum absolute atomic E-state index is 0.156. The Bertz CT molecular complexity index is 474. The molecule has 1 aromatic rings. The molecular formula is C11H16BrNO3S. The summed E-state index contributed by atoms with van der Waals surface area (Å²) in [6, 6.07) is 5.34. The van der Waals surface area contributed by atoms with Crippen molar-refractivity contribution in [2.75, 3.05) is 23.8 Å². The molecular weight excluding hydrogens is 306 g/mol. The standard InChI is InChI=1S/C11H16BrNO3S/c1-2-17(14,15)8-4-7-16-10-6-3-5-9(13)11(10)12/h3,5-6H,2,4,7-8,13H2,1H3. The fourth-order valence-electron chi connectivity index (χ4n) is 1.24. The topological polar surface area (TPSA) is 69.4 Å². The van der Waals surface area contributed by atoms with Crippen molar-refractivity contribution in [1.82, 2.24) is 0 Å². The van der Waals surface area contributed by atoms with Crippen LogP contribution in [0.1, 0.15) is 13.3 Å². The predicted molar refractivity (Wildman–Crippen MR) is 73.0 cm³/mol. The minimum atomic E-state index is -2.91. The van der Waals surface area contributed by atoms with E-state index in [1.165, 1.54) is 0 Å². The first kappa shape index (κ1) is 14.3. The summed E-state index contributed by atoms with van der Waals surface area (Å²) in [6.07, 6.45) is 0.484. The maximum Gasteiger partial charge on any atom is 0.150 e. The number of hydrogen-bond donors (Lipinski definition) is 1. The van der Waals surface area contributed by atoms with Crippen molar-refractivity contribution in [3.63, 3.8) is 0 Å². The van der Waals surface area contributed by atoms with E-state index in [-0.39, 0.29) is 11.5 Å². The maximum absolute atomic E-state index is 11.2. The molecule has 0 aromatic heterocycles. The van der Waals surface area contributed by atoms with E-state index in [0.717, 1.165) is 0 Å². The first-order chi connectivity index (χ1) is 7.96. The smallest absolute Gasteiger partial charge is 0.150 e. The Hall–Kier alpha value is -0.750. The summed E-state index contributed by atoms with van der Waals surface area (Å²) in [7, 11) is -2.91. The molecule has 6 heteroatoms. The van der Waals surface area contributed by atoms with Crippen LogP contribution in [0, 0.1) is 0 Å². The van der Waals surface area contributed by atoms with Crippen LogP contribution in [0.15, 0.2) is 22.7 Å². The Labute approximate surface area is 110 Å². The van der Waals surface area contributed by atoms with Gasteiger partial charge < -0.3 is 10.5 Å². The SMILES string of the molecule is CCS(=O)(=O)CCCOc1cccc(N)c1Br. The van der Waals surface area contributed by atoms with E-state index in [4.69, 9.17) is 10.5 Å². The number of halogens is 1. The summed E-state index contributed by atoms with van der Waals surface area (Å²) in [5.41, 5.74) is 6.29. The first-order valence-electron chi connectivity index (χ1n) is 5.33. The maximum atomic E-state index is 11.2. The average Bonchev–Trinajstić information content (AvgIpc) is 2.30. The van der Waals surface area contributed by atoms with E-state index < -0.39 is 9.84 Å². The largest absolute Gasteiger partial charge is 0.492 e. The summed E-state index contributed by atoms with van der Waals surface area (Å²) in [6.45, 7) is 2.01. The Kier molecular flexibility index (Phi) is 5.27. The third-order valence-corrected chi connectivity index (χ3v) is 4.93. The molecule has 1 rings (SSSR count). The van der Waals surface area contributed by atoms with Crippen LogP contribution in [0.3, 0.4) is 0 Å². The monoisotopic (exact) mass is 321 g/mol. The van der Waals surface area contributed by atoms with Crippen LogP contribution < -0.4 is 10.5 Å². The molecule has 0 saturated heterocycles. The van der Waals surface area contributed by atoms with Gasteiger partial charge in [-0.2, -0.15) is 0 Å². The minimum Gasteiger partial charge on any atom is -0.492 e. The van der Waals surface area contributed by atoms with Crippen molar-refractivity contribution in [3.8, 4) is 5.75 Å². The van der Waals surface area contributed by atoms with Crippen molar-refractivity contribution in [1.29, 1.82) is 0 Å². The zero-order valence-corrected chi connectivity index (χ0v) is 12.1. The van der Waals surface area contributed by atoms with Gasteiger partial charge >= 0.3 is 0 Å². The molecule has 0 amide bonds. The van der Waals surface area contributed by atoms with Gasteiger partial charge in [0.1, 0.15) is 15.6 Å². The molecule has 0 spiro atoms. The average molecular weight is 322 g/mol. The van der Waals surface area contributed by atoms with Gasteiger partial charge in [0.2, 0.25) is 0 Å². The highest BCUT2D eigenvalue weighted by Gasteiger charge is 2.08. The van der Waals surface area contributed by atoms with E-state index in [0.29, 0.717) is 28.9 Å². The lowest BCUT2D eigenvalue weighted by Gasteiger charge is -2.09. The van der Waals surface area contributed by atoms with Crippen LogP contribution in [0.25, 0.3) is 0 Å². The number of hydrogen-bond acceptors (Lipinski definition) is 4. The summed E-state index contributed by atoms with van der Waals surface area (Å²) in [5, 5.41) is 0. The van der Waals surface area contributed by atoms with Crippen LogP contribution in [0.2, 0.25) is 0 Å². The van der Waals surface area contributed by atoms with Gasteiger partial charge in [0.15, 0.2) is 0 Å². The van der Waals surface area contributed by atoms with Gasteiger partial charge in [-0.05, 0) is 34.5 Å². The molecule has 0 radical (unpaired) electrons. The Morgan fingerprint density at radius 2 is 2.12 bits per heavy atom. The van der Waals surface area contributed by atoms with Gasteiger partial charge in [-0.25, -0.2) is 8.42 Å². The highest BCUT2D eigenvalue weighted by atomic mass is 79.9. The van der Waals surface area contributed by atoms with Crippen molar-refractivity contribution in [2.45, 2.75) is 13.3 Å². The van der Waals surface area contributed by atoms with Crippen LogP contribution in [0.4, 0.5) is 5.69 Å². The van der Waals surface area contributed by atoms with Crippen LogP contribution in [-0.4, -0.2) is 26.5 Å². The zero-order chi connectivity index (χ0) is 12.9. The van der Waals surface area contributed by atoms with Crippen molar-refractivity contribution in [2.24, 2.45) is 0 Å². The van der Waals surface area contributed by atoms with Crippen LogP contribution in [0.5, 0.6) is 5.75 Å². The molecule has 0 aliphatic heterocycles. The highest BCUT2D eigenvalue weighted by molar-refractivity contribution is 9.10. The molecule has 0 atom stereocenters. The van der Waals surface area contributed by atoms with E-state index in [9.17, 15) is 8.42 Å². The molecule has 0 fully saturated rings. The number of rotatable bonds is 6. The van der Waals surface area contributed by atoms with E-state index in [1.54, 1.807) is 25.1 Å². The third kappa shape index (κ3) is 4.55. The Morgan fingerprint density at radius 1 is 1.41 bits per heavy atom. The summed E-state index contributed by atoms with van der Waals surface area (Å²) in [4.78, 5) is 0. The van der Waals surface area contributed by atoms with Crippen LogP contribution in [-0.2, 0) is 9.84 Å². The van der Waals surface area contributed by atoms with Crippen molar-refractivity contribution < 1.29 is 13.2 Å². The molecule has 0 aliphatic rings. The number of nitrogens with two attached hydrogens (primary N) is 1. The third-order valence-electron chi connectivity index (χ3n) is 2.29. The summed E-state index contributed by atoms with van der Waals surface area (Å²) < 4.78 is 28.7. The van der Waals surface area contributed by atoms with Gasteiger partial charge in [-0.15, -0.1) is 0 Å². The van der Waals surface area contributed by atoms with Gasteiger partial charge in [-0.3, -0.25) is 0 Å². The normalized spacial score (nSPS) is 11.4. The molecule has 0 bridgehead atoms. The second-order valence-corrected chi connectivity index (χ2v) is 6.86. The Balaban J connectivity index is 2.44. The second kappa shape index (κ2) is 6.26. The molecule has 2 N–H and O–H groups in total. The lowest BCUT2D eigenvalue weighted by Crippen LogP contribution is -2.12. The molecule has 0 heterocycles. The Morgan fingerprint density at radius 3 is 2.76 bits per heavy atom. The van der Waals surface area contributed by atoms with Crippen molar-refractivity contribution in [3.05, 3.63) is 22.7 Å². The van der Waals surface area contributed by atoms with E-state index >= 15 is 0 Å². The molecule has 0 saturated carbocycles. The number of nitrogen functional groups attached to an aromatic ring is 1. The molecule has 96 valence electrons. The number of benzene rings is 1. The van der Waals surface area contributed by atoms with Gasteiger partial charge in [0, 0.05) is 11.4 Å². The molecule has 17 heavy (non-hydrogen) atoms. The molecule has 1 aromatic carbocycles. The van der Waals surface area contributed by atoms with Gasteiger partial charge in [-0.1, -0.05) is 13.0 Å². The van der Waals surface area contributed by atoms with Crippen LogP contribution >= 0.6 is 15.9 Å². The molecule has 4 nitrogen and oxygen atoms in total. The fraction of sp³-hybridized carbons (Fsp3) is 0.455. The molecule has 0 unspecified atom stereocenters. The first-order valence-corrected chi connectivity index (χ1v) is 7.95. The number of sulfone groups is 1. The molecule has 0 aliphatic carbocycles. The second-order valence-electron chi connectivity index (χ2n) is 3.60. The fourth-order valence-corrected chi connectivity index (χ4v) is 2.47. The summed E-state index contributed by atoms with van der Waals surface area (Å²) >= 11 is 3.32. The van der Waals surface area contributed by atoms with Crippen molar-refractivity contribution >= 4 is 31.5 Å². The number of ether oxygens (including phenoxy) is 1. The zero-order valence-electron chi connectivity index (χ0n) is 9.65. The lowest BCUT2D eigenvalue weighted by atomic mass is 10.3. The van der Waals surface area contributed by atoms with Gasteiger partial charge in [0.25, 0.3) is 0 Å². The van der Waals surface area contributed by atoms with E-state index in [2.05, 4.69) is 15.9 Å².